The fourth-order valence-corrected chi connectivity index (χ4v) is 1.70. The summed E-state index contributed by atoms with van der Waals surface area (Å²) < 4.78 is 25.1. The number of hydrogen-bond donors (Lipinski definition) is 1. The molecule has 0 aliphatic rings. The second-order valence-corrected chi connectivity index (χ2v) is 3.69. The van der Waals surface area contributed by atoms with E-state index in [2.05, 4.69) is 4.98 Å². The molecule has 8 heteroatoms. The number of nitro groups is 1. The third-order valence-electron chi connectivity index (χ3n) is 1.68. The van der Waals surface area contributed by atoms with E-state index >= 15 is 0 Å². The van der Waals surface area contributed by atoms with E-state index in [9.17, 15) is 18.9 Å². The first kappa shape index (κ1) is 12.2. The van der Waals surface area contributed by atoms with Gasteiger partial charge in [0.15, 0.2) is 0 Å². The average molecular weight is 330 g/mol. The molecule has 0 amide bonds. The van der Waals surface area contributed by atoms with Gasteiger partial charge in [-0.25, -0.2) is 8.78 Å². The molecule has 0 bridgehead atoms. The molecule has 1 rings (SSSR count). The van der Waals surface area contributed by atoms with E-state index < -0.39 is 29.2 Å². The van der Waals surface area contributed by atoms with Crippen LogP contribution in [0.15, 0.2) is 6.20 Å². The molecule has 0 saturated heterocycles. The molecule has 1 N–H and O–H groups in total. The number of pyridine rings is 1. The van der Waals surface area contributed by atoms with E-state index in [1.807, 2.05) is 0 Å². The van der Waals surface area contributed by atoms with Crippen molar-refractivity contribution in [3.05, 3.63) is 31.1 Å². The van der Waals surface area contributed by atoms with Crippen molar-refractivity contribution in [3.63, 3.8) is 0 Å². The van der Waals surface area contributed by atoms with Gasteiger partial charge < -0.3 is 5.11 Å². The highest BCUT2D eigenvalue weighted by Crippen LogP contribution is 2.34. The Bertz CT molecular complexity index is 400. The molecule has 0 aliphatic carbocycles. The van der Waals surface area contributed by atoms with Crippen LogP contribution < -0.4 is 0 Å². The van der Waals surface area contributed by atoms with Crippen LogP contribution in [-0.4, -0.2) is 15.0 Å². The molecule has 0 radical (unpaired) electrons. The number of aromatic nitrogens is 1. The third-order valence-corrected chi connectivity index (χ3v) is 2.47. The Hall–Kier alpha value is -0.900. The number of rotatable bonds is 3. The van der Waals surface area contributed by atoms with E-state index in [0.29, 0.717) is 0 Å². The van der Waals surface area contributed by atoms with Crippen LogP contribution in [0.2, 0.25) is 0 Å². The van der Waals surface area contributed by atoms with Crippen LogP contribution in [0, 0.1) is 13.7 Å². The molecule has 1 aromatic rings. The van der Waals surface area contributed by atoms with Crippen LogP contribution in [0.3, 0.4) is 0 Å². The van der Waals surface area contributed by atoms with Gasteiger partial charge in [-0.1, -0.05) is 0 Å². The van der Waals surface area contributed by atoms with Crippen molar-refractivity contribution in [1.29, 1.82) is 0 Å². The zero-order chi connectivity index (χ0) is 11.6. The quantitative estimate of drug-likeness (QED) is 0.523. The molecule has 5 nitrogen and oxygen atoms in total. The Morgan fingerprint density at radius 1 is 1.67 bits per heavy atom. The largest absolute Gasteiger partial charge is 0.390 e. The summed E-state index contributed by atoms with van der Waals surface area (Å²) in [7, 11) is 0. The predicted octanol–water partition coefficient (Wildman–Crippen LogP) is 2.02. The lowest BCUT2D eigenvalue weighted by Crippen LogP contribution is -2.05. The second kappa shape index (κ2) is 4.75. The molecule has 1 aromatic heterocycles. The smallest absolute Gasteiger partial charge is 0.295 e. The Morgan fingerprint density at radius 3 is 2.67 bits per heavy atom. The molecule has 0 fully saturated rings. The van der Waals surface area contributed by atoms with Gasteiger partial charge in [0, 0.05) is 6.20 Å². The summed E-state index contributed by atoms with van der Waals surface area (Å²) in [6.07, 6.45) is -1.95. The van der Waals surface area contributed by atoms with Gasteiger partial charge in [0.05, 0.1) is 17.2 Å². The first-order valence-electron chi connectivity index (χ1n) is 3.69. The van der Waals surface area contributed by atoms with E-state index in [4.69, 9.17) is 5.11 Å². The minimum absolute atomic E-state index is 0.0186. The third kappa shape index (κ3) is 2.37. The SMILES string of the molecule is O=[N+]([O-])c1c(I)cnc(CO)c1C(F)F. The molecule has 0 saturated carbocycles. The summed E-state index contributed by atoms with van der Waals surface area (Å²) in [4.78, 5) is 13.2. The van der Waals surface area contributed by atoms with Crippen LogP contribution in [0.4, 0.5) is 14.5 Å². The molecule has 0 unspecified atom stereocenters. The zero-order valence-corrected chi connectivity index (χ0v) is 9.31. The maximum atomic E-state index is 12.6. The second-order valence-electron chi connectivity index (χ2n) is 2.53. The van der Waals surface area contributed by atoms with Gasteiger partial charge in [-0.15, -0.1) is 0 Å². The lowest BCUT2D eigenvalue weighted by molar-refractivity contribution is -0.387. The normalized spacial score (nSPS) is 10.7. The molecule has 0 spiro atoms. The number of hydrogen-bond acceptors (Lipinski definition) is 4. The lowest BCUT2D eigenvalue weighted by Gasteiger charge is -2.07. The van der Waals surface area contributed by atoms with Gasteiger partial charge in [-0.2, -0.15) is 0 Å². The highest BCUT2D eigenvalue weighted by molar-refractivity contribution is 14.1. The summed E-state index contributed by atoms with van der Waals surface area (Å²) in [5.41, 5.74) is -1.86. The van der Waals surface area contributed by atoms with Crippen molar-refractivity contribution in [3.8, 4) is 0 Å². The summed E-state index contributed by atoms with van der Waals surface area (Å²) in [6.45, 7) is -0.753. The number of alkyl halides is 2. The molecule has 0 aromatic carbocycles. The zero-order valence-electron chi connectivity index (χ0n) is 7.15. The first-order chi connectivity index (χ1) is 6.99. The van der Waals surface area contributed by atoms with Gasteiger partial charge in [0.2, 0.25) is 0 Å². The van der Waals surface area contributed by atoms with Gasteiger partial charge in [0.25, 0.3) is 12.1 Å². The van der Waals surface area contributed by atoms with E-state index in [1.165, 1.54) is 0 Å². The van der Waals surface area contributed by atoms with Crippen molar-refractivity contribution >= 4 is 28.3 Å². The number of aliphatic hydroxyl groups is 1. The van der Waals surface area contributed by atoms with Crippen LogP contribution >= 0.6 is 22.6 Å². The predicted molar refractivity (Wildman–Crippen MR) is 54.5 cm³/mol. The van der Waals surface area contributed by atoms with Gasteiger partial charge in [-0.05, 0) is 22.6 Å². The van der Waals surface area contributed by atoms with E-state index in [1.54, 1.807) is 22.6 Å². The first-order valence-corrected chi connectivity index (χ1v) is 4.77. The Kier molecular flexibility index (Phi) is 3.85. The standard InChI is InChI=1S/C7H5F2IN2O3/c8-7(9)5-4(2-13)11-1-3(10)6(5)12(14)15/h1,7,13H,2H2. The Balaban J connectivity index is 3.51. The van der Waals surface area contributed by atoms with Crippen molar-refractivity contribution in [2.75, 3.05) is 0 Å². The van der Waals surface area contributed by atoms with Crippen LogP contribution in [0.5, 0.6) is 0 Å². The summed E-state index contributed by atoms with van der Waals surface area (Å²) in [6, 6.07) is 0. The minimum atomic E-state index is -3.03. The maximum Gasteiger partial charge on any atom is 0.295 e. The fourth-order valence-electron chi connectivity index (χ4n) is 1.07. The van der Waals surface area contributed by atoms with E-state index in [0.717, 1.165) is 6.20 Å². The highest BCUT2D eigenvalue weighted by atomic mass is 127. The topological polar surface area (TPSA) is 76.3 Å². The van der Waals surface area contributed by atoms with Gasteiger partial charge >= 0.3 is 0 Å². The molecule has 0 atom stereocenters. The number of aliphatic hydroxyl groups excluding tert-OH is 1. The molecular weight excluding hydrogens is 325 g/mol. The summed E-state index contributed by atoms with van der Waals surface area (Å²) >= 11 is 1.55. The maximum absolute atomic E-state index is 12.6. The van der Waals surface area contributed by atoms with Crippen molar-refractivity contribution < 1.29 is 18.8 Å². The van der Waals surface area contributed by atoms with E-state index in [-0.39, 0.29) is 9.26 Å². The molecular formula is C7H5F2IN2O3. The van der Waals surface area contributed by atoms with Crippen molar-refractivity contribution in [2.45, 2.75) is 13.0 Å². The Labute approximate surface area is 96.4 Å². The van der Waals surface area contributed by atoms with Crippen molar-refractivity contribution in [2.24, 2.45) is 0 Å². The van der Waals surface area contributed by atoms with Crippen molar-refractivity contribution in [1.82, 2.24) is 4.98 Å². The number of halogens is 3. The summed E-state index contributed by atoms with van der Waals surface area (Å²) in [5.74, 6) is 0. The Morgan fingerprint density at radius 2 is 2.27 bits per heavy atom. The fraction of sp³-hybridized carbons (Fsp3) is 0.286. The van der Waals surface area contributed by atoms with Gasteiger partial charge in [-0.3, -0.25) is 15.1 Å². The van der Waals surface area contributed by atoms with Crippen LogP contribution in [-0.2, 0) is 6.61 Å². The monoisotopic (exact) mass is 330 g/mol. The van der Waals surface area contributed by atoms with Crippen LogP contribution in [0.25, 0.3) is 0 Å². The summed E-state index contributed by atoms with van der Waals surface area (Å²) in [5, 5.41) is 19.3. The molecule has 1 heterocycles. The average Bonchev–Trinajstić information content (AvgIpc) is 2.16. The lowest BCUT2D eigenvalue weighted by atomic mass is 10.1. The molecule has 15 heavy (non-hydrogen) atoms. The van der Waals surface area contributed by atoms with Gasteiger partial charge in [0.1, 0.15) is 9.13 Å². The number of nitrogens with zero attached hydrogens (tertiary/aromatic N) is 2. The molecule has 0 aliphatic heterocycles. The minimum Gasteiger partial charge on any atom is -0.390 e. The van der Waals surface area contributed by atoms with Crippen LogP contribution in [0.1, 0.15) is 17.7 Å². The highest BCUT2D eigenvalue weighted by Gasteiger charge is 2.29. The molecule has 82 valence electrons.